The van der Waals surface area contributed by atoms with Gasteiger partial charge in [-0.15, -0.1) is 0 Å². The predicted molar refractivity (Wildman–Crippen MR) is 126 cm³/mol. The minimum atomic E-state index is -3.85. The first-order chi connectivity index (χ1) is 16.3. The van der Waals surface area contributed by atoms with Gasteiger partial charge in [0.1, 0.15) is 0 Å². The van der Waals surface area contributed by atoms with E-state index in [-0.39, 0.29) is 39.6 Å². The lowest BCUT2D eigenvalue weighted by molar-refractivity contribution is -0.114. The lowest BCUT2D eigenvalue weighted by Gasteiger charge is -2.20. The summed E-state index contributed by atoms with van der Waals surface area (Å²) in [5.74, 6) is -0.872. The van der Waals surface area contributed by atoms with Crippen LogP contribution in [-0.4, -0.2) is 32.4 Å². The second-order valence-corrected chi connectivity index (χ2v) is 9.09. The average molecular weight is 480 g/mol. The molecule has 3 aromatic carbocycles. The number of ether oxygens (including phenoxy) is 1. The monoisotopic (exact) mass is 479 g/mol. The quantitative estimate of drug-likeness (QED) is 0.302. The summed E-state index contributed by atoms with van der Waals surface area (Å²) >= 11 is 0. The number of hydrogen-bond acceptors (Lipinski definition) is 7. The number of nitrogens with one attached hydrogen (secondary N) is 3. The third-order valence-electron chi connectivity index (χ3n) is 5.13. The van der Waals surface area contributed by atoms with Gasteiger partial charge in [-0.3, -0.25) is 19.6 Å². The molecule has 0 spiro atoms. The molecule has 0 saturated heterocycles. The molecule has 0 aliphatic carbocycles. The Hall–Kier alpha value is -4.31. The van der Waals surface area contributed by atoms with Crippen LogP contribution in [0.25, 0.3) is 5.57 Å². The first-order valence-corrected chi connectivity index (χ1v) is 11.6. The SMILES string of the molecule is COc1ccc(CNC=C2C(=O)NC(=O)c3ccc(NS(=O)(=O)c4ccccc4)cc32)cc1O. The molecule has 1 aliphatic heterocycles. The Morgan fingerprint density at radius 3 is 2.44 bits per heavy atom. The van der Waals surface area contributed by atoms with E-state index in [9.17, 15) is 23.1 Å². The number of hydrogen-bond donors (Lipinski definition) is 4. The van der Waals surface area contributed by atoms with Gasteiger partial charge in [-0.2, -0.15) is 0 Å². The summed E-state index contributed by atoms with van der Waals surface area (Å²) < 4.78 is 32.8. The second-order valence-electron chi connectivity index (χ2n) is 7.41. The van der Waals surface area contributed by atoms with Crippen LogP contribution in [0.3, 0.4) is 0 Å². The molecule has 2 amide bonds. The first kappa shape index (κ1) is 22.9. The largest absolute Gasteiger partial charge is 0.504 e. The Morgan fingerprint density at radius 2 is 1.74 bits per heavy atom. The molecule has 4 rings (SSSR count). The maximum atomic E-state index is 12.7. The van der Waals surface area contributed by atoms with Crippen molar-refractivity contribution < 1.29 is 27.9 Å². The van der Waals surface area contributed by atoms with E-state index in [4.69, 9.17) is 4.74 Å². The number of anilines is 1. The zero-order chi connectivity index (χ0) is 24.3. The van der Waals surface area contributed by atoms with Gasteiger partial charge in [0, 0.05) is 29.6 Å². The fourth-order valence-electron chi connectivity index (χ4n) is 3.46. The van der Waals surface area contributed by atoms with Crippen molar-refractivity contribution in [2.75, 3.05) is 11.8 Å². The Labute approximate surface area is 196 Å². The summed E-state index contributed by atoms with van der Waals surface area (Å²) in [5, 5.41) is 15.2. The Balaban J connectivity index is 1.60. The highest BCUT2D eigenvalue weighted by Crippen LogP contribution is 2.29. The molecule has 9 nitrogen and oxygen atoms in total. The number of benzene rings is 3. The zero-order valence-electron chi connectivity index (χ0n) is 18.0. The van der Waals surface area contributed by atoms with Crippen LogP contribution >= 0.6 is 0 Å². The minimum Gasteiger partial charge on any atom is -0.504 e. The van der Waals surface area contributed by atoms with Crippen LogP contribution in [0.5, 0.6) is 11.5 Å². The fraction of sp³-hybridized carbons (Fsp3) is 0.0833. The lowest BCUT2D eigenvalue weighted by Crippen LogP contribution is -2.37. The molecule has 34 heavy (non-hydrogen) atoms. The Kier molecular flexibility index (Phi) is 6.24. The zero-order valence-corrected chi connectivity index (χ0v) is 18.8. The highest BCUT2D eigenvalue weighted by molar-refractivity contribution is 7.92. The maximum Gasteiger partial charge on any atom is 0.261 e. The summed E-state index contributed by atoms with van der Waals surface area (Å²) in [6.07, 6.45) is 1.44. The summed E-state index contributed by atoms with van der Waals surface area (Å²) in [6, 6.07) is 17.1. The third-order valence-corrected chi connectivity index (χ3v) is 6.52. The summed E-state index contributed by atoms with van der Waals surface area (Å²) in [4.78, 5) is 24.9. The topological polar surface area (TPSA) is 134 Å². The number of imide groups is 1. The summed E-state index contributed by atoms with van der Waals surface area (Å²) in [7, 11) is -2.40. The number of methoxy groups -OCH3 is 1. The van der Waals surface area contributed by atoms with Gasteiger partial charge >= 0.3 is 0 Å². The van der Waals surface area contributed by atoms with Gasteiger partial charge in [-0.25, -0.2) is 8.42 Å². The predicted octanol–water partition coefficient (Wildman–Crippen LogP) is 2.60. The molecule has 0 unspecified atom stereocenters. The van der Waals surface area contributed by atoms with Crippen molar-refractivity contribution in [3.8, 4) is 11.5 Å². The molecule has 0 atom stereocenters. The number of aromatic hydroxyl groups is 1. The van der Waals surface area contributed by atoms with Crippen molar-refractivity contribution in [3.05, 3.63) is 89.6 Å². The van der Waals surface area contributed by atoms with E-state index >= 15 is 0 Å². The van der Waals surface area contributed by atoms with Crippen LogP contribution in [0.4, 0.5) is 5.69 Å². The molecule has 0 bridgehead atoms. The van der Waals surface area contributed by atoms with Gasteiger partial charge in [-0.05, 0) is 48.0 Å². The van der Waals surface area contributed by atoms with Crippen LogP contribution in [0.1, 0.15) is 21.5 Å². The maximum absolute atomic E-state index is 12.7. The van der Waals surface area contributed by atoms with E-state index in [2.05, 4.69) is 15.4 Å². The Morgan fingerprint density at radius 1 is 0.971 bits per heavy atom. The van der Waals surface area contributed by atoms with E-state index in [1.54, 1.807) is 30.3 Å². The first-order valence-electron chi connectivity index (χ1n) is 10.2. The highest BCUT2D eigenvalue weighted by Gasteiger charge is 2.28. The van der Waals surface area contributed by atoms with E-state index in [1.807, 2.05) is 0 Å². The molecular formula is C24H21N3O6S. The normalized spacial score (nSPS) is 14.3. The standard InChI is InChI=1S/C24H21N3O6S/c1-33-22-10-7-15(11-21(22)28)13-25-14-20-19-12-16(8-9-18(19)23(29)26-24(20)30)27-34(31,32)17-5-3-2-4-6-17/h2-12,14,25,27-28H,13H2,1H3,(H,26,29,30). The van der Waals surface area contributed by atoms with Crippen molar-refractivity contribution in [1.82, 2.24) is 10.6 Å². The molecule has 1 aliphatic rings. The molecule has 10 heteroatoms. The van der Waals surface area contributed by atoms with Crippen LogP contribution in [-0.2, 0) is 21.4 Å². The number of carbonyl (C=O) groups excluding carboxylic acids is 2. The lowest BCUT2D eigenvalue weighted by atomic mass is 9.95. The van der Waals surface area contributed by atoms with Gasteiger partial charge < -0.3 is 15.2 Å². The van der Waals surface area contributed by atoms with E-state index in [0.29, 0.717) is 5.75 Å². The molecule has 0 saturated carbocycles. The molecular weight excluding hydrogens is 458 g/mol. The average Bonchev–Trinajstić information content (AvgIpc) is 2.81. The molecule has 1 heterocycles. The fourth-order valence-corrected chi connectivity index (χ4v) is 4.53. The number of phenols is 1. The second kappa shape index (κ2) is 9.28. The van der Waals surface area contributed by atoms with Gasteiger partial charge in [-0.1, -0.05) is 24.3 Å². The van der Waals surface area contributed by atoms with Gasteiger partial charge in [0.05, 0.1) is 17.6 Å². The Bertz CT molecular complexity index is 1400. The van der Waals surface area contributed by atoms with Crippen molar-refractivity contribution in [3.63, 3.8) is 0 Å². The van der Waals surface area contributed by atoms with Crippen molar-refractivity contribution in [2.45, 2.75) is 11.4 Å². The third kappa shape index (κ3) is 4.71. The van der Waals surface area contributed by atoms with Crippen LogP contribution < -0.4 is 20.1 Å². The van der Waals surface area contributed by atoms with Gasteiger partial charge in [0.15, 0.2) is 11.5 Å². The number of fused-ring (bicyclic) bond motifs is 1. The van der Waals surface area contributed by atoms with Crippen LogP contribution in [0.2, 0.25) is 0 Å². The van der Waals surface area contributed by atoms with Crippen LogP contribution in [0.15, 0.2) is 77.8 Å². The number of amides is 2. The number of carbonyl (C=O) groups is 2. The van der Waals surface area contributed by atoms with Crippen molar-refractivity contribution >= 4 is 33.1 Å². The molecule has 0 radical (unpaired) electrons. The van der Waals surface area contributed by atoms with E-state index in [0.717, 1.165) is 5.56 Å². The van der Waals surface area contributed by atoms with Crippen LogP contribution in [0, 0.1) is 0 Å². The minimum absolute atomic E-state index is 0.0175. The molecule has 174 valence electrons. The van der Waals surface area contributed by atoms with Gasteiger partial charge in [0.2, 0.25) is 0 Å². The van der Waals surface area contributed by atoms with Gasteiger partial charge in [0.25, 0.3) is 21.8 Å². The molecule has 4 N–H and O–H groups in total. The van der Waals surface area contributed by atoms with E-state index in [1.165, 1.54) is 49.7 Å². The van der Waals surface area contributed by atoms with E-state index < -0.39 is 21.8 Å². The van der Waals surface area contributed by atoms with Crippen molar-refractivity contribution in [1.29, 1.82) is 0 Å². The smallest absolute Gasteiger partial charge is 0.261 e. The summed E-state index contributed by atoms with van der Waals surface area (Å²) in [6.45, 7) is 0.276. The number of rotatable bonds is 7. The molecule has 0 aromatic heterocycles. The molecule has 0 fully saturated rings. The highest BCUT2D eigenvalue weighted by atomic mass is 32.2. The summed E-state index contributed by atoms with van der Waals surface area (Å²) in [5.41, 5.74) is 1.61. The van der Waals surface area contributed by atoms with Crippen molar-refractivity contribution in [2.24, 2.45) is 0 Å². The number of sulfonamides is 1. The molecule has 3 aromatic rings. The number of phenolic OH excluding ortho intramolecular Hbond substituents is 1.